The maximum atomic E-state index is 6.30. The van der Waals surface area contributed by atoms with E-state index < -0.39 is 0 Å². The molecule has 1 aliphatic rings. The molecule has 0 amide bonds. The van der Waals surface area contributed by atoms with Crippen LogP contribution < -0.4 is 0 Å². The lowest BCUT2D eigenvalue weighted by atomic mass is 9.79. The van der Waals surface area contributed by atoms with Crippen molar-refractivity contribution in [3.8, 4) is 44.5 Å². The molecule has 0 unspecified atom stereocenters. The maximum Gasteiger partial charge on any atom is 0.136 e. The molecule has 0 saturated carbocycles. The predicted octanol–water partition coefficient (Wildman–Crippen LogP) is 15.5. The second kappa shape index (κ2) is 11.5. The zero-order valence-corrected chi connectivity index (χ0v) is 31.2. The van der Waals surface area contributed by atoms with Gasteiger partial charge in [-0.15, -0.1) is 0 Å². The fraction of sp³-hybridized carbons (Fsp3) is 0.0545. The van der Waals surface area contributed by atoms with Crippen molar-refractivity contribution in [1.82, 2.24) is 0 Å². The summed E-state index contributed by atoms with van der Waals surface area (Å²) in [6.07, 6.45) is 0. The van der Waals surface area contributed by atoms with E-state index in [1.807, 2.05) is 6.07 Å². The minimum Gasteiger partial charge on any atom is -0.456 e. The molecular formula is C55H36O. The van der Waals surface area contributed by atoms with Crippen molar-refractivity contribution in [1.29, 1.82) is 0 Å². The molecule has 10 aromatic carbocycles. The molecule has 1 heterocycles. The van der Waals surface area contributed by atoms with Gasteiger partial charge in [-0.05, 0) is 123 Å². The van der Waals surface area contributed by atoms with Crippen LogP contribution in [0.25, 0.3) is 110 Å². The molecule has 0 fully saturated rings. The van der Waals surface area contributed by atoms with Crippen LogP contribution in [0.5, 0.6) is 0 Å². The summed E-state index contributed by atoms with van der Waals surface area (Å²) in [7, 11) is 0. The van der Waals surface area contributed by atoms with Crippen LogP contribution in [-0.4, -0.2) is 0 Å². The minimum atomic E-state index is -0.157. The van der Waals surface area contributed by atoms with Crippen LogP contribution in [0.4, 0.5) is 0 Å². The Morgan fingerprint density at radius 2 is 0.911 bits per heavy atom. The first-order valence-corrected chi connectivity index (χ1v) is 19.6. The average Bonchev–Trinajstić information content (AvgIpc) is 3.72. The second-order valence-electron chi connectivity index (χ2n) is 16.0. The highest BCUT2D eigenvalue weighted by atomic mass is 16.3. The van der Waals surface area contributed by atoms with E-state index >= 15 is 0 Å². The number of rotatable bonds is 3. The van der Waals surface area contributed by atoms with E-state index in [1.165, 1.54) is 109 Å². The molecule has 0 atom stereocenters. The summed E-state index contributed by atoms with van der Waals surface area (Å²) in [5.41, 5.74) is 14.7. The molecule has 0 spiro atoms. The lowest BCUT2D eigenvalue weighted by Gasteiger charge is -2.23. The van der Waals surface area contributed by atoms with E-state index in [9.17, 15) is 0 Å². The van der Waals surface area contributed by atoms with Crippen LogP contribution in [0.2, 0.25) is 0 Å². The summed E-state index contributed by atoms with van der Waals surface area (Å²) in [5.74, 6) is 0. The first-order chi connectivity index (χ1) is 27.5. The van der Waals surface area contributed by atoms with Gasteiger partial charge in [0.15, 0.2) is 0 Å². The van der Waals surface area contributed by atoms with Gasteiger partial charge < -0.3 is 4.42 Å². The number of fused-ring (bicyclic) bond motifs is 11. The summed E-state index contributed by atoms with van der Waals surface area (Å²) in [5, 5.41) is 12.5. The Kier molecular flexibility index (Phi) is 6.46. The summed E-state index contributed by atoms with van der Waals surface area (Å²) in [4.78, 5) is 0. The van der Waals surface area contributed by atoms with Crippen molar-refractivity contribution in [2.45, 2.75) is 19.3 Å². The normalized spacial score (nSPS) is 13.3. The predicted molar refractivity (Wildman–Crippen MR) is 238 cm³/mol. The zero-order valence-electron chi connectivity index (χ0n) is 31.2. The highest BCUT2D eigenvalue weighted by Crippen LogP contribution is 2.53. The van der Waals surface area contributed by atoms with Crippen molar-refractivity contribution >= 4 is 65.0 Å². The third-order valence-electron chi connectivity index (χ3n) is 12.6. The SMILES string of the molecule is CC1(C)c2ccc(-c3ccc(-c4c5ccccc5c(-c5ccccc5)c5ccccc45)c4ccccc34)cc2-c2ccc3cc4oc5ccccc5c4cc3c21. The molecule has 11 aromatic rings. The Morgan fingerprint density at radius 1 is 0.339 bits per heavy atom. The fourth-order valence-electron chi connectivity index (χ4n) is 10.2. The van der Waals surface area contributed by atoms with Crippen LogP contribution >= 0.6 is 0 Å². The van der Waals surface area contributed by atoms with Crippen molar-refractivity contribution in [3.63, 3.8) is 0 Å². The van der Waals surface area contributed by atoms with E-state index in [1.54, 1.807) is 0 Å². The highest BCUT2D eigenvalue weighted by Gasteiger charge is 2.37. The molecule has 0 N–H and O–H groups in total. The Labute approximate surface area is 325 Å². The molecule has 1 nitrogen and oxygen atoms in total. The lowest BCUT2D eigenvalue weighted by molar-refractivity contribution is 0.665. The van der Waals surface area contributed by atoms with Crippen molar-refractivity contribution in [3.05, 3.63) is 193 Å². The van der Waals surface area contributed by atoms with Crippen LogP contribution in [0.3, 0.4) is 0 Å². The van der Waals surface area contributed by atoms with Crippen LogP contribution in [-0.2, 0) is 5.41 Å². The molecule has 0 saturated heterocycles. The van der Waals surface area contributed by atoms with Crippen LogP contribution in [0.1, 0.15) is 25.0 Å². The van der Waals surface area contributed by atoms with Gasteiger partial charge in [0.1, 0.15) is 11.2 Å². The van der Waals surface area contributed by atoms with Gasteiger partial charge >= 0.3 is 0 Å². The third-order valence-corrected chi connectivity index (χ3v) is 12.6. The largest absolute Gasteiger partial charge is 0.456 e. The number of hydrogen-bond donors (Lipinski definition) is 0. The van der Waals surface area contributed by atoms with Crippen molar-refractivity contribution in [2.75, 3.05) is 0 Å². The van der Waals surface area contributed by atoms with Gasteiger partial charge in [0.05, 0.1) is 0 Å². The van der Waals surface area contributed by atoms with Gasteiger partial charge in [0, 0.05) is 16.2 Å². The summed E-state index contributed by atoms with van der Waals surface area (Å²) >= 11 is 0. The molecule has 1 heteroatoms. The van der Waals surface area contributed by atoms with Gasteiger partial charge in [0.25, 0.3) is 0 Å². The Bertz CT molecular complexity index is 3380. The molecule has 56 heavy (non-hydrogen) atoms. The van der Waals surface area contributed by atoms with Crippen LogP contribution in [0.15, 0.2) is 186 Å². The Hall–Kier alpha value is -6.96. The summed E-state index contributed by atoms with van der Waals surface area (Å²) in [6, 6.07) is 67.2. The van der Waals surface area contributed by atoms with Gasteiger partial charge in [-0.1, -0.05) is 172 Å². The Balaban J connectivity index is 1.06. The van der Waals surface area contributed by atoms with E-state index in [0.717, 1.165) is 11.2 Å². The molecule has 0 bridgehead atoms. The van der Waals surface area contributed by atoms with E-state index in [4.69, 9.17) is 4.42 Å². The zero-order chi connectivity index (χ0) is 37.1. The maximum absolute atomic E-state index is 6.30. The summed E-state index contributed by atoms with van der Waals surface area (Å²) < 4.78 is 6.30. The smallest absolute Gasteiger partial charge is 0.136 e. The quantitative estimate of drug-likeness (QED) is 0.166. The first-order valence-electron chi connectivity index (χ1n) is 19.6. The van der Waals surface area contributed by atoms with Gasteiger partial charge in [0.2, 0.25) is 0 Å². The molecule has 1 aromatic heterocycles. The Morgan fingerprint density at radius 3 is 1.62 bits per heavy atom. The fourth-order valence-corrected chi connectivity index (χ4v) is 10.2. The van der Waals surface area contributed by atoms with E-state index in [0.29, 0.717) is 0 Å². The average molecular weight is 713 g/mol. The van der Waals surface area contributed by atoms with Crippen molar-refractivity contribution < 1.29 is 4.42 Å². The lowest BCUT2D eigenvalue weighted by Crippen LogP contribution is -2.15. The highest BCUT2D eigenvalue weighted by molar-refractivity contribution is 6.24. The monoisotopic (exact) mass is 712 g/mol. The first kappa shape index (κ1) is 31.4. The molecule has 1 aliphatic carbocycles. The number of hydrogen-bond acceptors (Lipinski definition) is 1. The minimum absolute atomic E-state index is 0.157. The number of furan rings is 1. The van der Waals surface area contributed by atoms with Gasteiger partial charge in [-0.25, -0.2) is 0 Å². The third kappa shape index (κ3) is 4.31. The second-order valence-corrected chi connectivity index (χ2v) is 16.0. The van der Waals surface area contributed by atoms with Gasteiger partial charge in [-0.2, -0.15) is 0 Å². The van der Waals surface area contributed by atoms with Crippen molar-refractivity contribution in [2.24, 2.45) is 0 Å². The van der Waals surface area contributed by atoms with E-state index in [2.05, 4.69) is 190 Å². The van der Waals surface area contributed by atoms with Crippen LogP contribution in [0, 0.1) is 0 Å². The topological polar surface area (TPSA) is 13.1 Å². The molecular weight excluding hydrogens is 677 g/mol. The standard InChI is InChI=1S/C55H36O/c1-55(2)49-29-25-34(30-47(49)45-26-24-35-31-51-48(32-46(35)54(45)55)39-18-12-13-23-50(39)56-51)36-27-28-44(38-17-7-6-16-37(36)38)53-42-21-10-8-19-40(42)52(33-14-4-3-5-15-33)41-20-9-11-22-43(41)53/h3-32H,1-2H3. The molecule has 0 aliphatic heterocycles. The molecule has 0 radical (unpaired) electrons. The van der Waals surface area contributed by atoms with E-state index in [-0.39, 0.29) is 5.41 Å². The molecule has 262 valence electrons. The molecule has 12 rings (SSSR count). The summed E-state index contributed by atoms with van der Waals surface area (Å²) in [6.45, 7) is 4.77. The van der Waals surface area contributed by atoms with Gasteiger partial charge in [-0.3, -0.25) is 0 Å². The number of benzene rings is 10. The number of para-hydroxylation sites is 1.